The first-order chi connectivity index (χ1) is 4.63. The van der Waals surface area contributed by atoms with Crippen molar-refractivity contribution < 1.29 is 33.7 Å². The predicted molar refractivity (Wildman–Crippen MR) is 46.7 cm³/mol. The minimum absolute atomic E-state index is 0. The third-order valence-corrected chi connectivity index (χ3v) is 2.79. The van der Waals surface area contributed by atoms with Crippen molar-refractivity contribution in [3.05, 3.63) is 21.5 Å². The van der Waals surface area contributed by atoms with E-state index in [1.165, 1.54) is 0 Å². The molecule has 0 aliphatic rings. The highest BCUT2D eigenvalue weighted by Crippen LogP contribution is 2.13. The summed E-state index contributed by atoms with van der Waals surface area (Å²) in [6.07, 6.45) is 0. The van der Waals surface area contributed by atoms with Gasteiger partial charge in [0.25, 0.3) is 3.70 Å². The van der Waals surface area contributed by atoms with Crippen LogP contribution in [0.4, 0.5) is 0 Å². The first-order valence-corrected chi connectivity index (χ1v) is 4.05. The molecule has 0 amide bonds. The Kier molecular flexibility index (Phi) is 4.60. The van der Waals surface area contributed by atoms with Gasteiger partial charge in [0.05, 0.1) is 0 Å². The van der Waals surface area contributed by atoms with E-state index in [-0.39, 0.29) is 24.0 Å². The van der Waals surface area contributed by atoms with Gasteiger partial charge in [0.2, 0.25) is 0 Å². The van der Waals surface area contributed by atoms with E-state index < -0.39 is 0 Å². The molecule has 0 fully saturated rings. The lowest BCUT2D eigenvalue weighted by atomic mass is 10.3. The first-order valence-electron chi connectivity index (χ1n) is 2.97. The lowest BCUT2D eigenvalue weighted by Gasteiger charge is -1.96. The van der Waals surface area contributed by atoms with E-state index in [1.807, 2.05) is 24.6 Å². The Morgan fingerprint density at radius 2 is 2.00 bits per heavy atom. The summed E-state index contributed by atoms with van der Waals surface area (Å²) in [6, 6.07) is 3.59. The van der Waals surface area contributed by atoms with Crippen molar-refractivity contribution in [1.82, 2.24) is 0 Å². The van der Waals surface area contributed by atoms with Gasteiger partial charge in [-0.15, -0.1) is 0 Å². The quantitative estimate of drug-likeness (QED) is 0.320. The number of halogens is 2. The third kappa shape index (κ3) is 2.43. The van der Waals surface area contributed by atoms with Gasteiger partial charge in [-0.1, -0.05) is 0 Å². The van der Waals surface area contributed by atoms with E-state index in [4.69, 9.17) is 0 Å². The summed E-state index contributed by atoms with van der Waals surface area (Å²) < 4.78 is 2.81. The molecule has 1 aromatic heterocycles. The fraction of sp³-hybridized carbons (Fsp3) is 0.286. The lowest BCUT2D eigenvalue weighted by Crippen LogP contribution is -3.00. The molecule has 1 rings (SSSR count). The summed E-state index contributed by atoms with van der Waals surface area (Å²) >= 11 is 2.11. The number of aromatic nitrogens is 1. The molecule has 2 nitrogen and oxygen atoms in total. The number of hydrogen-bond donors (Lipinski definition) is 1. The van der Waals surface area contributed by atoms with Crippen LogP contribution in [0.1, 0.15) is 5.69 Å². The van der Waals surface area contributed by atoms with Gasteiger partial charge in [-0.3, -0.25) is 0 Å². The lowest BCUT2D eigenvalue weighted by molar-refractivity contribution is -0.690. The molecule has 0 saturated heterocycles. The molecular formula is C7H9I2NO. The molecule has 1 aromatic rings. The van der Waals surface area contributed by atoms with Crippen molar-refractivity contribution in [3.63, 3.8) is 0 Å². The van der Waals surface area contributed by atoms with Crippen LogP contribution in [0.5, 0.6) is 5.75 Å². The van der Waals surface area contributed by atoms with Crippen LogP contribution in [0, 0.1) is 10.6 Å². The zero-order valence-electron chi connectivity index (χ0n) is 6.31. The standard InChI is InChI=1S/C7H8INO.HI/c1-5-3-4-6(10)7(8)9(5)2;/h3-4H,1-2H3;1H. The maximum absolute atomic E-state index is 9.20. The molecule has 4 heteroatoms. The summed E-state index contributed by atoms with van der Waals surface area (Å²) in [7, 11) is 1.93. The summed E-state index contributed by atoms with van der Waals surface area (Å²) in [4.78, 5) is 0. The fourth-order valence-corrected chi connectivity index (χ4v) is 1.27. The van der Waals surface area contributed by atoms with Crippen LogP contribution in [0.3, 0.4) is 0 Å². The Morgan fingerprint density at radius 3 is 2.45 bits per heavy atom. The van der Waals surface area contributed by atoms with Gasteiger partial charge in [-0.2, -0.15) is 4.57 Å². The summed E-state index contributed by atoms with van der Waals surface area (Å²) in [5, 5.41) is 9.20. The molecule has 0 unspecified atom stereocenters. The minimum Gasteiger partial charge on any atom is -1.00 e. The molecular weight excluding hydrogens is 368 g/mol. The SMILES string of the molecule is Cc1ccc(O)c(I)[n+]1C.[I-]. The summed E-state index contributed by atoms with van der Waals surface area (Å²) in [5.74, 6) is 0.341. The Labute approximate surface area is 96.8 Å². The molecule has 0 aromatic carbocycles. The molecule has 0 radical (unpaired) electrons. The van der Waals surface area contributed by atoms with Gasteiger partial charge in [0, 0.05) is 35.6 Å². The van der Waals surface area contributed by atoms with Crippen molar-refractivity contribution in [1.29, 1.82) is 0 Å². The van der Waals surface area contributed by atoms with Crippen LogP contribution >= 0.6 is 22.6 Å². The average Bonchev–Trinajstić information content (AvgIpc) is 1.93. The van der Waals surface area contributed by atoms with E-state index in [2.05, 4.69) is 22.6 Å². The van der Waals surface area contributed by atoms with Crippen LogP contribution in [0.15, 0.2) is 12.1 Å². The van der Waals surface area contributed by atoms with Gasteiger partial charge < -0.3 is 29.1 Å². The molecule has 1 heterocycles. The van der Waals surface area contributed by atoms with Gasteiger partial charge in [0.15, 0.2) is 11.4 Å². The monoisotopic (exact) mass is 377 g/mol. The molecule has 0 spiro atoms. The highest BCUT2D eigenvalue weighted by molar-refractivity contribution is 14.1. The van der Waals surface area contributed by atoms with Crippen molar-refractivity contribution >= 4 is 22.6 Å². The largest absolute Gasteiger partial charge is 1.00 e. The van der Waals surface area contributed by atoms with Crippen LogP contribution in [-0.2, 0) is 7.05 Å². The maximum atomic E-state index is 9.20. The molecule has 0 atom stereocenters. The zero-order chi connectivity index (χ0) is 7.72. The zero-order valence-corrected chi connectivity index (χ0v) is 10.6. The van der Waals surface area contributed by atoms with E-state index in [1.54, 1.807) is 6.07 Å². The number of hydrogen-bond acceptors (Lipinski definition) is 1. The Morgan fingerprint density at radius 1 is 1.45 bits per heavy atom. The number of aromatic hydroxyl groups is 1. The number of rotatable bonds is 0. The van der Waals surface area contributed by atoms with E-state index in [9.17, 15) is 5.11 Å². The van der Waals surface area contributed by atoms with E-state index in [0.717, 1.165) is 9.39 Å². The molecule has 0 aliphatic heterocycles. The molecule has 0 saturated carbocycles. The molecule has 1 N–H and O–H groups in total. The summed E-state index contributed by atoms with van der Waals surface area (Å²) in [6.45, 7) is 2.00. The fourth-order valence-electron chi connectivity index (χ4n) is 0.707. The van der Waals surface area contributed by atoms with Crippen LogP contribution < -0.4 is 28.5 Å². The molecule has 0 bridgehead atoms. The second-order valence-electron chi connectivity index (χ2n) is 2.21. The van der Waals surface area contributed by atoms with Crippen molar-refractivity contribution in [2.75, 3.05) is 0 Å². The third-order valence-electron chi connectivity index (χ3n) is 1.52. The van der Waals surface area contributed by atoms with Gasteiger partial charge in [0.1, 0.15) is 7.05 Å². The topological polar surface area (TPSA) is 24.1 Å². The molecule has 62 valence electrons. The van der Waals surface area contributed by atoms with Crippen molar-refractivity contribution in [2.24, 2.45) is 7.05 Å². The van der Waals surface area contributed by atoms with Gasteiger partial charge in [-0.05, 0) is 6.07 Å². The van der Waals surface area contributed by atoms with Crippen LogP contribution in [-0.4, -0.2) is 5.11 Å². The number of aryl methyl sites for hydroxylation is 1. The predicted octanol–water partition coefficient (Wildman–Crippen LogP) is -1.87. The van der Waals surface area contributed by atoms with Crippen molar-refractivity contribution in [3.8, 4) is 5.75 Å². The highest BCUT2D eigenvalue weighted by Gasteiger charge is 2.10. The highest BCUT2D eigenvalue weighted by atomic mass is 127. The van der Waals surface area contributed by atoms with E-state index >= 15 is 0 Å². The van der Waals surface area contributed by atoms with E-state index in [0.29, 0.717) is 5.75 Å². The number of nitrogens with zero attached hydrogens (tertiary/aromatic N) is 1. The maximum Gasteiger partial charge on any atom is 0.283 e. The van der Waals surface area contributed by atoms with Crippen LogP contribution in [0.2, 0.25) is 0 Å². The van der Waals surface area contributed by atoms with Crippen molar-refractivity contribution in [2.45, 2.75) is 6.92 Å². The molecule has 11 heavy (non-hydrogen) atoms. The van der Waals surface area contributed by atoms with Crippen LogP contribution in [0.25, 0.3) is 0 Å². The smallest absolute Gasteiger partial charge is 0.283 e. The Bertz CT molecular complexity index is 236. The molecule has 0 aliphatic carbocycles. The first kappa shape index (κ1) is 11.4. The Balaban J connectivity index is 0.000001000. The number of pyridine rings is 1. The minimum atomic E-state index is 0. The second-order valence-corrected chi connectivity index (χ2v) is 3.23. The normalized spacial score (nSPS) is 9.00. The summed E-state index contributed by atoms with van der Waals surface area (Å²) in [5.41, 5.74) is 1.14. The second kappa shape index (κ2) is 4.44. The van der Waals surface area contributed by atoms with Gasteiger partial charge in [-0.25, -0.2) is 0 Å². The Hall–Kier alpha value is 0.410. The average molecular weight is 377 g/mol. The van der Waals surface area contributed by atoms with Gasteiger partial charge >= 0.3 is 0 Å².